The minimum Gasteiger partial charge on any atom is -0.464 e. The first-order valence-electron chi connectivity index (χ1n) is 9.42. The number of aryl methyl sites for hydroxylation is 1. The van der Waals surface area contributed by atoms with Gasteiger partial charge in [0.05, 0.1) is 19.2 Å². The third-order valence-corrected chi connectivity index (χ3v) is 5.33. The fourth-order valence-electron chi connectivity index (χ4n) is 3.76. The average molecular weight is 397 g/mol. The Morgan fingerprint density at radius 3 is 2.76 bits per heavy atom. The average Bonchev–Trinajstić information content (AvgIpc) is 3.13. The second-order valence-corrected chi connectivity index (χ2v) is 7.25. The quantitative estimate of drug-likeness (QED) is 0.611. The van der Waals surface area contributed by atoms with Crippen LogP contribution in [0.4, 0.5) is 0 Å². The number of esters is 1. The molecule has 9 nitrogen and oxygen atoms in total. The van der Waals surface area contributed by atoms with Crippen molar-refractivity contribution in [3.8, 4) is 0 Å². The van der Waals surface area contributed by atoms with Crippen molar-refractivity contribution in [3.05, 3.63) is 57.7 Å². The smallest absolute Gasteiger partial charge is 0.359 e. The van der Waals surface area contributed by atoms with Crippen molar-refractivity contribution >= 4 is 16.9 Å². The Labute approximate surface area is 167 Å². The summed E-state index contributed by atoms with van der Waals surface area (Å²) in [6.07, 6.45) is 0. The van der Waals surface area contributed by atoms with Crippen LogP contribution in [0, 0.1) is 6.92 Å². The maximum absolute atomic E-state index is 13.0. The Morgan fingerprint density at radius 1 is 1.28 bits per heavy atom. The van der Waals surface area contributed by atoms with Crippen LogP contribution in [0.15, 0.2) is 39.6 Å². The lowest BCUT2D eigenvalue weighted by Crippen LogP contribution is -2.48. The molecular weight excluding hydrogens is 374 g/mol. The third-order valence-electron chi connectivity index (χ3n) is 5.33. The van der Waals surface area contributed by atoms with Gasteiger partial charge in [-0.2, -0.15) is 5.10 Å². The normalized spacial score (nSPS) is 18.2. The van der Waals surface area contributed by atoms with Gasteiger partial charge in [0.2, 0.25) is 0 Å². The number of likely N-dealkylation sites (N-methyl/N-ethyl adjacent to an activating group) is 1. The molecule has 1 aliphatic heterocycles. The van der Waals surface area contributed by atoms with E-state index in [-0.39, 0.29) is 23.9 Å². The fourth-order valence-corrected chi connectivity index (χ4v) is 3.76. The van der Waals surface area contributed by atoms with E-state index in [1.54, 1.807) is 6.92 Å². The Kier molecular flexibility index (Phi) is 5.16. The molecular formula is C20H23N5O4. The molecule has 2 aromatic heterocycles. The monoisotopic (exact) mass is 397 g/mol. The topological polar surface area (TPSA) is 93.7 Å². The number of benzene rings is 1. The summed E-state index contributed by atoms with van der Waals surface area (Å²) < 4.78 is 11.3. The largest absolute Gasteiger partial charge is 0.464 e. The number of fused-ring (bicyclic) bond motifs is 1. The molecule has 1 fully saturated rings. The summed E-state index contributed by atoms with van der Waals surface area (Å²) in [5.74, 6) is -0.271. The van der Waals surface area contributed by atoms with E-state index in [2.05, 4.69) is 39.2 Å². The number of methoxy groups -OCH3 is 1. The van der Waals surface area contributed by atoms with Crippen LogP contribution in [0.1, 0.15) is 27.9 Å². The van der Waals surface area contributed by atoms with Crippen LogP contribution in [-0.2, 0) is 11.4 Å². The zero-order chi connectivity index (χ0) is 20.5. The van der Waals surface area contributed by atoms with Crippen LogP contribution in [-0.4, -0.2) is 64.5 Å². The molecule has 1 aromatic carbocycles. The van der Waals surface area contributed by atoms with Gasteiger partial charge in [-0.1, -0.05) is 35.5 Å². The zero-order valence-corrected chi connectivity index (χ0v) is 16.7. The molecule has 0 aliphatic carbocycles. The molecule has 0 unspecified atom stereocenters. The van der Waals surface area contributed by atoms with Crippen molar-refractivity contribution in [2.75, 3.05) is 33.8 Å². The number of rotatable bonds is 4. The Morgan fingerprint density at radius 2 is 2.03 bits per heavy atom. The first kappa shape index (κ1) is 19.3. The first-order chi connectivity index (χ1) is 14.0. The highest BCUT2D eigenvalue weighted by Gasteiger charge is 2.29. The van der Waals surface area contributed by atoms with Gasteiger partial charge in [0.25, 0.3) is 5.56 Å². The van der Waals surface area contributed by atoms with E-state index < -0.39 is 11.5 Å². The minimum atomic E-state index is -0.631. The van der Waals surface area contributed by atoms with Gasteiger partial charge in [-0.05, 0) is 19.5 Å². The van der Waals surface area contributed by atoms with Crippen molar-refractivity contribution < 1.29 is 14.1 Å². The van der Waals surface area contributed by atoms with Crippen molar-refractivity contribution in [1.29, 1.82) is 0 Å². The maximum atomic E-state index is 13.0. The van der Waals surface area contributed by atoms with E-state index in [0.29, 0.717) is 11.1 Å². The van der Waals surface area contributed by atoms with E-state index >= 15 is 0 Å². The number of hydrogen-bond donors (Lipinski definition) is 0. The Balaban J connectivity index is 1.75. The molecule has 4 rings (SSSR count). The van der Waals surface area contributed by atoms with Crippen LogP contribution in [0.5, 0.6) is 0 Å². The summed E-state index contributed by atoms with van der Waals surface area (Å²) in [6, 6.07) is 10.3. The van der Waals surface area contributed by atoms with Crippen LogP contribution in [0.3, 0.4) is 0 Å². The maximum Gasteiger partial charge on any atom is 0.359 e. The Hall–Kier alpha value is -3.04. The number of ether oxygens (including phenoxy) is 1. The number of piperazine rings is 1. The predicted octanol–water partition coefficient (Wildman–Crippen LogP) is 1.43. The summed E-state index contributed by atoms with van der Waals surface area (Å²) in [5.41, 5.74) is 0.892. The van der Waals surface area contributed by atoms with Crippen molar-refractivity contribution in [2.24, 2.45) is 0 Å². The van der Waals surface area contributed by atoms with Gasteiger partial charge >= 0.3 is 5.97 Å². The molecule has 0 saturated carbocycles. The van der Waals surface area contributed by atoms with Gasteiger partial charge in [-0.3, -0.25) is 9.69 Å². The molecule has 0 amide bonds. The van der Waals surface area contributed by atoms with Crippen molar-refractivity contribution in [2.45, 2.75) is 19.6 Å². The first-order valence-corrected chi connectivity index (χ1v) is 9.42. The summed E-state index contributed by atoms with van der Waals surface area (Å²) in [4.78, 5) is 29.7. The van der Waals surface area contributed by atoms with Gasteiger partial charge in [-0.25, -0.2) is 9.48 Å². The molecule has 0 bridgehead atoms. The standard InChI is InChI=1S/C20H23N5O4/c1-13-16-17(22-29-13)19(26)25(21-18(16)20(27)28-3)12-24-10-9-23(2)11-15(24)14-7-5-4-6-8-14/h4-8,15H,9-12H2,1-3H3/t15-/m0/s1. The molecule has 1 saturated heterocycles. The number of carbonyl (C=O) groups excluding carboxylic acids is 1. The van der Waals surface area contributed by atoms with Crippen LogP contribution in [0.25, 0.3) is 10.9 Å². The molecule has 1 atom stereocenters. The summed E-state index contributed by atoms with van der Waals surface area (Å²) in [6.45, 7) is 4.33. The summed E-state index contributed by atoms with van der Waals surface area (Å²) in [5, 5.41) is 8.48. The molecule has 1 aliphatic rings. The van der Waals surface area contributed by atoms with E-state index in [0.717, 1.165) is 19.6 Å². The van der Waals surface area contributed by atoms with Gasteiger partial charge in [0.15, 0.2) is 11.2 Å². The Bertz CT molecular complexity index is 1090. The van der Waals surface area contributed by atoms with Crippen LogP contribution < -0.4 is 5.56 Å². The minimum absolute atomic E-state index is 0.0336. The lowest BCUT2D eigenvalue weighted by Gasteiger charge is -2.40. The lowest BCUT2D eigenvalue weighted by molar-refractivity contribution is 0.0538. The predicted molar refractivity (Wildman–Crippen MR) is 106 cm³/mol. The fraction of sp³-hybridized carbons (Fsp3) is 0.400. The van der Waals surface area contributed by atoms with Gasteiger partial charge in [-0.15, -0.1) is 0 Å². The highest BCUT2D eigenvalue weighted by Crippen LogP contribution is 2.25. The highest BCUT2D eigenvalue weighted by atomic mass is 16.5. The van der Waals surface area contributed by atoms with E-state index in [4.69, 9.17) is 9.26 Å². The third kappa shape index (κ3) is 3.54. The molecule has 3 heterocycles. The number of aromatic nitrogens is 3. The molecule has 0 radical (unpaired) electrons. The number of carbonyl (C=O) groups is 1. The summed E-state index contributed by atoms with van der Waals surface area (Å²) in [7, 11) is 3.36. The molecule has 0 N–H and O–H groups in total. The van der Waals surface area contributed by atoms with Crippen molar-refractivity contribution in [1.82, 2.24) is 24.7 Å². The van der Waals surface area contributed by atoms with Gasteiger partial charge in [0.1, 0.15) is 5.76 Å². The van der Waals surface area contributed by atoms with E-state index in [1.165, 1.54) is 17.4 Å². The van der Waals surface area contributed by atoms with E-state index in [9.17, 15) is 9.59 Å². The highest BCUT2D eigenvalue weighted by molar-refractivity contribution is 6.01. The SMILES string of the molecule is COC(=O)c1nn(CN2CCN(C)C[C@H]2c2ccccc2)c(=O)c2noc(C)c12. The van der Waals surface area contributed by atoms with Gasteiger partial charge in [0, 0.05) is 25.7 Å². The van der Waals surface area contributed by atoms with Crippen LogP contribution in [0.2, 0.25) is 0 Å². The molecule has 29 heavy (non-hydrogen) atoms. The second-order valence-electron chi connectivity index (χ2n) is 7.25. The molecule has 0 spiro atoms. The number of nitrogens with zero attached hydrogens (tertiary/aromatic N) is 5. The van der Waals surface area contributed by atoms with Crippen LogP contribution >= 0.6 is 0 Å². The number of hydrogen-bond acceptors (Lipinski definition) is 8. The second kappa shape index (κ2) is 7.76. The lowest BCUT2D eigenvalue weighted by atomic mass is 10.0. The van der Waals surface area contributed by atoms with E-state index in [1.807, 2.05) is 18.2 Å². The van der Waals surface area contributed by atoms with Gasteiger partial charge < -0.3 is 14.2 Å². The molecule has 152 valence electrons. The molecule has 9 heteroatoms. The van der Waals surface area contributed by atoms with Crippen molar-refractivity contribution in [3.63, 3.8) is 0 Å². The summed E-state index contributed by atoms with van der Waals surface area (Å²) >= 11 is 0. The zero-order valence-electron chi connectivity index (χ0n) is 16.7. The molecule has 3 aromatic rings.